The van der Waals surface area contributed by atoms with Crippen molar-refractivity contribution in [2.24, 2.45) is 0 Å². The van der Waals surface area contributed by atoms with Crippen LogP contribution in [0.3, 0.4) is 0 Å². The fraction of sp³-hybridized carbons (Fsp3) is 0.500. The van der Waals surface area contributed by atoms with E-state index in [4.69, 9.17) is 9.84 Å². The number of sulfonamides is 1. The first-order chi connectivity index (χ1) is 8.57. The second-order valence-corrected chi connectivity index (χ2v) is 5.63. The Morgan fingerprint density at radius 2 is 1.94 bits per heavy atom. The fourth-order valence-corrected chi connectivity index (χ4v) is 2.35. The van der Waals surface area contributed by atoms with E-state index in [1.54, 1.807) is 24.3 Å². The number of hydrogen-bond acceptors (Lipinski definition) is 4. The van der Waals surface area contributed by atoms with Crippen LogP contribution in [0.5, 0.6) is 0 Å². The van der Waals surface area contributed by atoms with E-state index in [0.717, 1.165) is 5.56 Å². The first kappa shape index (κ1) is 14.9. The molecule has 1 aromatic carbocycles. The summed E-state index contributed by atoms with van der Waals surface area (Å²) in [5.41, 5.74) is 1.49. The Bertz CT molecular complexity index is 442. The van der Waals surface area contributed by atoms with Gasteiger partial charge in [-0.1, -0.05) is 12.1 Å². The third-order valence-electron chi connectivity index (χ3n) is 2.33. The molecule has 18 heavy (non-hydrogen) atoms. The van der Waals surface area contributed by atoms with Gasteiger partial charge in [0.15, 0.2) is 0 Å². The Morgan fingerprint density at radius 3 is 2.50 bits per heavy atom. The van der Waals surface area contributed by atoms with Gasteiger partial charge in [-0.2, -0.15) is 0 Å². The maximum Gasteiger partial charge on any atom is 0.234 e. The Kier molecular flexibility index (Phi) is 6.11. The third kappa shape index (κ3) is 5.48. The molecule has 0 aliphatic rings. The molecule has 0 atom stereocenters. The van der Waals surface area contributed by atoms with Crippen LogP contribution in [0.25, 0.3) is 0 Å². The van der Waals surface area contributed by atoms with Crippen molar-refractivity contribution in [2.45, 2.75) is 13.3 Å². The van der Waals surface area contributed by atoms with Crippen molar-refractivity contribution in [3.8, 4) is 0 Å². The van der Waals surface area contributed by atoms with Crippen molar-refractivity contribution < 1.29 is 18.3 Å². The molecule has 5 nitrogen and oxygen atoms in total. The van der Waals surface area contributed by atoms with Gasteiger partial charge in [-0.05, 0) is 31.0 Å². The Hall–Kier alpha value is -1.11. The van der Waals surface area contributed by atoms with E-state index in [9.17, 15) is 8.42 Å². The van der Waals surface area contributed by atoms with Gasteiger partial charge < -0.3 is 9.84 Å². The number of nitrogens with one attached hydrogen (secondary N) is 1. The second-order valence-electron chi connectivity index (χ2n) is 3.79. The summed E-state index contributed by atoms with van der Waals surface area (Å²) < 4.78 is 30.8. The Balaban J connectivity index is 2.55. The van der Waals surface area contributed by atoms with Crippen molar-refractivity contribution in [2.75, 3.05) is 30.3 Å². The van der Waals surface area contributed by atoms with Crippen LogP contribution in [-0.2, 0) is 21.2 Å². The maximum absolute atomic E-state index is 11.7. The van der Waals surface area contributed by atoms with E-state index >= 15 is 0 Å². The Labute approximate surface area is 108 Å². The van der Waals surface area contributed by atoms with Gasteiger partial charge in [0.1, 0.15) is 0 Å². The highest BCUT2D eigenvalue weighted by molar-refractivity contribution is 7.92. The van der Waals surface area contributed by atoms with Gasteiger partial charge in [0.25, 0.3) is 0 Å². The van der Waals surface area contributed by atoms with E-state index < -0.39 is 10.0 Å². The Morgan fingerprint density at radius 1 is 1.28 bits per heavy atom. The molecule has 0 aromatic heterocycles. The van der Waals surface area contributed by atoms with Crippen LogP contribution in [0.4, 0.5) is 5.69 Å². The van der Waals surface area contributed by atoms with E-state index in [2.05, 4.69) is 4.72 Å². The molecule has 0 saturated heterocycles. The first-order valence-corrected chi connectivity index (χ1v) is 7.50. The molecule has 0 spiro atoms. The van der Waals surface area contributed by atoms with Crippen LogP contribution in [0.2, 0.25) is 0 Å². The molecule has 2 N–H and O–H groups in total. The number of anilines is 1. The summed E-state index contributed by atoms with van der Waals surface area (Å²) in [6.45, 7) is 2.60. The minimum atomic E-state index is -3.36. The summed E-state index contributed by atoms with van der Waals surface area (Å²) in [5.74, 6) is -0.0563. The number of aliphatic hydroxyl groups is 1. The molecule has 0 aliphatic carbocycles. The molecule has 0 heterocycles. The molecule has 1 rings (SSSR count). The van der Waals surface area contributed by atoms with Crippen molar-refractivity contribution in [3.63, 3.8) is 0 Å². The minimum absolute atomic E-state index is 0.0563. The highest BCUT2D eigenvalue weighted by atomic mass is 32.2. The zero-order chi connectivity index (χ0) is 13.4. The molecule has 0 fully saturated rings. The standard InChI is InChI=1S/C12H19NO4S/c1-2-17-9-10-18(15,16)13-12-5-3-11(4-6-12)7-8-14/h3-6,13-14H,2,7-10H2,1H3. The van der Waals surface area contributed by atoms with Crippen LogP contribution >= 0.6 is 0 Å². The molecule has 1 aromatic rings. The van der Waals surface area contributed by atoms with Gasteiger partial charge in [-0.15, -0.1) is 0 Å². The van der Waals surface area contributed by atoms with Crippen LogP contribution in [0, 0.1) is 0 Å². The summed E-state index contributed by atoms with van der Waals surface area (Å²) in [5, 5.41) is 8.77. The van der Waals surface area contributed by atoms with Crippen LogP contribution in [-0.4, -0.2) is 39.1 Å². The average Bonchev–Trinajstić information content (AvgIpc) is 2.32. The quantitative estimate of drug-likeness (QED) is 0.693. The van der Waals surface area contributed by atoms with Crippen molar-refractivity contribution >= 4 is 15.7 Å². The lowest BCUT2D eigenvalue weighted by molar-refractivity contribution is 0.163. The molecular formula is C12H19NO4S. The smallest absolute Gasteiger partial charge is 0.234 e. The topological polar surface area (TPSA) is 75.6 Å². The fourth-order valence-electron chi connectivity index (χ4n) is 1.41. The van der Waals surface area contributed by atoms with Gasteiger partial charge in [-0.3, -0.25) is 4.72 Å². The maximum atomic E-state index is 11.7. The van der Waals surface area contributed by atoms with Gasteiger partial charge in [0, 0.05) is 18.9 Å². The molecule has 0 radical (unpaired) electrons. The first-order valence-electron chi connectivity index (χ1n) is 5.85. The lowest BCUT2D eigenvalue weighted by Crippen LogP contribution is -2.20. The minimum Gasteiger partial charge on any atom is -0.396 e. The second kappa shape index (κ2) is 7.35. The zero-order valence-electron chi connectivity index (χ0n) is 10.4. The summed E-state index contributed by atoms with van der Waals surface area (Å²) in [6, 6.07) is 6.94. The summed E-state index contributed by atoms with van der Waals surface area (Å²) >= 11 is 0. The van der Waals surface area contributed by atoms with E-state index in [1.165, 1.54) is 0 Å². The molecule has 102 valence electrons. The van der Waals surface area contributed by atoms with Gasteiger partial charge in [0.05, 0.1) is 12.4 Å². The van der Waals surface area contributed by atoms with E-state index in [1.807, 2.05) is 6.92 Å². The number of benzene rings is 1. The van der Waals surface area contributed by atoms with Crippen LogP contribution < -0.4 is 4.72 Å². The number of aliphatic hydroxyl groups excluding tert-OH is 1. The highest BCUT2D eigenvalue weighted by Gasteiger charge is 2.09. The molecule has 0 amide bonds. The summed E-state index contributed by atoms with van der Waals surface area (Å²) in [7, 11) is -3.36. The molecule has 6 heteroatoms. The van der Waals surface area contributed by atoms with Crippen LogP contribution in [0.1, 0.15) is 12.5 Å². The molecule has 0 unspecified atom stereocenters. The van der Waals surface area contributed by atoms with Gasteiger partial charge in [-0.25, -0.2) is 8.42 Å². The van der Waals surface area contributed by atoms with Crippen molar-refractivity contribution in [1.82, 2.24) is 0 Å². The summed E-state index contributed by atoms with van der Waals surface area (Å²) in [6.07, 6.45) is 0.567. The summed E-state index contributed by atoms with van der Waals surface area (Å²) in [4.78, 5) is 0. The van der Waals surface area contributed by atoms with E-state index in [-0.39, 0.29) is 19.0 Å². The lowest BCUT2D eigenvalue weighted by Gasteiger charge is -2.08. The molecule has 0 aliphatic heterocycles. The predicted molar refractivity (Wildman–Crippen MR) is 71.1 cm³/mol. The molecular weight excluding hydrogens is 254 g/mol. The van der Waals surface area contributed by atoms with Gasteiger partial charge in [0.2, 0.25) is 10.0 Å². The lowest BCUT2D eigenvalue weighted by atomic mass is 10.1. The van der Waals surface area contributed by atoms with E-state index in [0.29, 0.717) is 18.7 Å². The third-order valence-corrected chi connectivity index (χ3v) is 3.58. The number of hydrogen-bond donors (Lipinski definition) is 2. The normalized spacial score (nSPS) is 11.4. The van der Waals surface area contributed by atoms with Crippen molar-refractivity contribution in [3.05, 3.63) is 29.8 Å². The predicted octanol–water partition coefficient (Wildman–Crippen LogP) is 1.000. The van der Waals surface area contributed by atoms with Crippen LogP contribution in [0.15, 0.2) is 24.3 Å². The monoisotopic (exact) mass is 273 g/mol. The number of rotatable bonds is 8. The SMILES string of the molecule is CCOCCS(=O)(=O)Nc1ccc(CCO)cc1. The molecule has 0 saturated carbocycles. The highest BCUT2D eigenvalue weighted by Crippen LogP contribution is 2.11. The zero-order valence-corrected chi connectivity index (χ0v) is 11.2. The average molecular weight is 273 g/mol. The largest absolute Gasteiger partial charge is 0.396 e. The van der Waals surface area contributed by atoms with Gasteiger partial charge >= 0.3 is 0 Å². The van der Waals surface area contributed by atoms with Crippen molar-refractivity contribution in [1.29, 1.82) is 0 Å². The number of ether oxygens (including phenoxy) is 1. The molecule has 0 bridgehead atoms.